The van der Waals surface area contributed by atoms with E-state index in [2.05, 4.69) is 5.32 Å². The number of methoxy groups -OCH3 is 1. The Labute approximate surface area is 49.5 Å². The van der Waals surface area contributed by atoms with Crippen molar-refractivity contribution in [3.05, 3.63) is 12.3 Å². The van der Waals surface area contributed by atoms with Crippen LogP contribution in [0.15, 0.2) is 12.3 Å². The van der Waals surface area contributed by atoms with Crippen LogP contribution in [0.1, 0.15) is 6.42 Å². The smallest absolute Gasteiger partial charge is 0.0785 e. The van der Waals surface area contributed by atoms with Crippen molar-refractivity contribution < 1.29 is 4.74 Å². The molecule has 0 fully saturated rings. The number of ether oxygens (including phenoxy) is 1. The molecule has 0 saturated carbocycles. The fourth-order valence-electron chi connectivity index (χ4n) is 0.777. The molecule has 1 atom stereocenters. The first-order valence-corrected chi connectivity index (χ1v) is 2.86. The lowest BCUT2D eigenvalue weighted by atomic mass is 10.2. The molecule has 2 heteroatoms. The summed E-state index contributed by atoms with van der Waals surface area (Å²) in [5.74, 6) is 0. The van der Waals surface area contributed by atoms with E-state index in [0.717, 1.165) is 13.0 Å². The van der Waals surface area contributed by atoms with Gasteiger partial charge < -0.3 is 10.1 Å². The summed E-state index contributed by atoms with van der Waals surface area (Å²) >= 11 is 0. The fraction of sp³-hybridized carbons (Fsp3) is 0.667. The number of hydrogen-bond acceptors (Lipinski definition) is 2. The zero-order valence-corrected chi connectivity index (χ0v) is 5.05. The summed E-state index contributed by atoms with van der Waals surface area (Å²) in [6.07, 6.45) is 5.41. The molecule has 1 heterocycles. The van der Waals surface area contributed by atoms with E-state index in [9.17, 15) is 0 Å². The molecule has 2 nitrogen and oxygen atoms in total. The summed E-state index contributed by atoms with van der Waals surface area (Å²) < 4.78 is 5.06. The van der Waals surface area contributed by atoms with Crippen molar-refractivity contribution in [2.24, 2.45) is 0 Å². The summed E-state index contributed by atoms with van der Waals surface area (Å²) in [6.45, 7) is 1.04. The van der Waals surface area contributed by atoms with E-state index in [1.165, 1.54) is 0 Å². The van der Waals surface area contributed by atoms with Crippen LogP contribution in [0.4, 0.5) is 0 Å². The van der Waals surface area contributed by atoms with Gasteiger partial charge in [-0.05, 0) is 18.7 Å². The third-order valence-corrected chi connectivity index (χ3v) is 1.30. The van der Waals surface area contributed by atoms with Crippen molar-refractivity contribution in [2.45, 2.75) is 12.5 Å². The minimum atomic E-state index is 0.344. The van der Waals surface area contributed by atoms with Crippen molar-refractivity contribution in [3.8, 4) is 0 Å². The molecule has 0 aromatic rings. The molecule has 0 saturated heterocycles. The van der Waals surface area contributed by atoms with Gasteiger partial charge in [-0.15, -0.1) is 0 Å². The number of nitrogens with one attached hydrogen (secondary N) is 1. The zero-order chi connectivity index (χ0) is 5.82. The lowest BCUT2D eigenvalue weighted by Gasteiger charge is -2.14. The van der Waals surface area contributed by atoms with Crippen LogP contribution in [0.25, 0.3) is 0 Å². The lowest BCUT2D eigenvalue weighted by Crippen LogP contribution is -2.21. The van der Waals surface area contributed by atoms with Gasteiger partial charge in [0.1, 0.15) is 0 Å². The van der Waals surface area contributed by atoms with Crippen molar-refractivity contribution in [1.82, 2.24) is 5.32 Å². The van der Waals surface area contributed by atoms with Crippen LogP contribution < -0.4 is 5.32 Å². The maximum atomic E-state index is 5.06. The first-order valence-electron chi connectivity index (χ1n) is 2.86. The Balaban J connectivity index is 2.32. The third-order valence-electron chi connectivity index (χ3n) is 1.30. The van der Waals surface area contributed by atoms with Gasteiger partial charge in [0.2, 0.25) is 0 Å². The maximum absolute atomic E-state index is 5.06. The third kappa shape index (κ3) is 1.23. The molecule has 1 unspecified atom stereocenters. The summed E-state index contributed by atoms with van der Waals surface area (Å²) in [7, 11) is 1.74. The molecule has 0 amide bonds. The molecular formula is C6H11NO. The van der Waals surface area contributed by atoms with Gasteiger partial charge in [0.15, 0.2) is 0 Å². The average Bonchev–Trinajstić information content (AvgIpc) is 1.90. The van der Waals surface area contributed by atoms with Crippen LogP contribution in [-0.2, 0) is 4.74 Å². The molecular weight excluding hydrogens is 102 g/mol. The monoisotopic (exact) mass is 113 g/mol. The van der Waals surface area contributed by atoms with Crippen LogP contribution in [0.2, 0.25) is 0 Å². The Morgan fingerprint density at radius 2 is 2.62 bits per heavy atom. The van der Waals surface area contributed by atoms with E-state index in [-0.39, 0.29) is 0 Å². The summed E-state index contributed by atoms with van der Waals surface area (Å²) in [5, 5.41) is 3.09. The maximum Gasteiger partial charge on any atom is 0.0785 e. The molecule has 1 aliphatic heterocycles. The molecule has 1 aliphatic rings. The van der Waals surface area contributed by atoms with E-state index in [0.29, 0.717) is 6.10 Å². The predicted molar refractivity (Wildman–Crippen MR) is 32.6 cm³/mol. The number of rotatable bonds is 1. The van der Waals surface area contributed by atoms with E-state index in [1.54, 1.807) is 7.11 Å². The molecule has 1 N–H and O–H groups in total. The quantitative estimate of drug-likeness (QED) is 0.535. The highest BCUT2D eigenvalue weighted by atomic mass is 16.5. The first-order chi connectivity index (χ1) is 3.93. The highest BCUT2D eigenvalue weighted by Crippen LogP contribution is 2.00. The Bertz CT molecular complexity index is 90.5. The standard InChI is InChI=1S/C6H11NO/c1-8-6-2-4-7-5-3-6/h2,4,6-7H,3,5H2,1H3. The summed E-state index contributed by atoms with van der Waals surface area (Å²) in [4.78, 5) is 0. The largest absolute Gasteiger partial charge is 0.391 e. The Morgan fingerprint density at radius 1 is 1.75 bits per heavy atom. The molecule has 1 rings (SSSR count). The van der Waals surface area contributed by atoms with E-state index < -0.39 is 0 Å². The van der Waals surface area contributed by atoms with Gasteiger partial charge in [0.05, 0.1) is 6.10 Å². The van der Waals surface area contributed by atoms with Gasteiger partial charge in [-0.3, -0.25) is 0 Å². The molecule has 46 valence electrons. The van der Waals surface area contributed by atoms with Crippen LogP contribution in [0.3, 0.4) is 0 Å². The second-order valence-electron chi connectivity index (χ2n) is 1.88. The highest BCUT2D eigenvalue weighted by Gasteiger charge is 2.03. The first kappa shape index (κ1) is 5.63. The highest BCUT2D eigenvalue weighted by molar-refractivity contribution is 4.92. The van der Waals surface area contributed by atoms with Crippen molar-refractivity contribution in [1.29, 1.82) is 0 Å². The van der Waals surface area contributed by atoms with Crippen molar-refractivity contribution >= 4 is 0 Å². The molecule has 8 heavy (non-hydrogen) atoms. The van der Waals surface area contributed by atoms with E-state index in [4.69, 9.17) is 4.74 Å². The van der Waals surface area contributed by atoms with Gasteiger partial charge >= 0.3 is 0 Å². The zero-order valence-electron chi connectivity index (χ0n) is 5.05. The normalized spacial score (nSPS) is 27.4. The topological polar surface area (TPSA) is 21.3 Å². The van der Waals surface area contributed by atoms with Crippen LogP contribution in [-0.4, -0.2) is 19.8 Å². The Hall–Kier alpha value is -0.500. The molecule has 0 aliphatic carbocycles. The average molecular weight is 113 g/mol. The second-order valence-corrected chi connectivity index (χ2v) is 1.88. The molecule has 0 bridgehead atoms. The van der Waals surface area contributed by atoms with Gasteiger partial charge in [-0.2, -0.15) is 0 Å². The molecule has 0 aromatic heterocycles. The van der Waals surface area contributed by atoms with E-state index in [1.807, 2.05) is 12.3 Å². The van der Waals surface area contributed by atoms with Crippen LogP contribution in [0, 0.1) is 0 Å². The molecule has 0 aromatic carbocycles. The number of hydrogen-bond donors (Lipinski definition) is 1. The lowest BCUT2D eigenvalue weighted by molar-refractivity contribution is 0.130. The van der Waals surface area contributed by atoms with Crippen LogP contribution in [0.5, 0.6) is 0 Å². The van der Waals surface area contributed by atoms with Gasteiger partial charge in [0, 0.05) is 13.7 Å². The minimum Gasteiger partial charge on any atom is -0.391 e. The summed E-state index contributed by atoms with van der Waals surface area (Å²) in [5.41, 5.74) is 0. The fourth-order valence-corrected chi connectivity index (χ4v) is 0.777. The SMILES string of the molecule is COC1C=CNCC1. The molecule has 0 radical (unpaired) electrons. The van der Waals surface area contributed by atoms with Crippen molar-refractivity contribution in [3.63, 3.8) is 0 Å². The van der Waals surface area contributed by atoms with Crippen LogP contribution >= 0.6 is 0 Å². The second kappa shape index (κ2) is 2.72. The minimum absolute atomic E-state index is 0.344. The summed E-state index contributed by atoms with van der Waals surface area (Å²) in [6, 6.07) is 0. The Morgan fingerprint density at radius 3 is 3.00 bits per heavy atom. The predicted octanol–water partition coefficient (Wildman–Crippen LogP) is 0.508. The van der Waals surface area contributed by atoms with Gasteiger partial charge in [-0.25, -0.2) is 0 Å². The van der Waals surface area contributed by atoms with Crippen molar-refractivity contribution in [2.75, 3.05) is 13.7 Å². The van der Waals surface area contributed by atoms with Gasteiger partial charge in [0.25, 0.3) is 0 Å². The Kier molecular flexibility index (Phi) is 1.92. The molecule has 0 spiro atoms. The van der Waals surface area contributed by atoms with Gasteiger partial charge in [-0.1, -0.05) is 0 Å². The van der Waals surface area contributed by atoms with E-state index >= 15 is 0 Å².